The molecule has 5 heteroatoms. The summed E-state index contributed by atoms with van der Waals surface area (Å²) in [7, 11) is 0. The van der Waals surface area contributed by atoms with Crippen molar-refractivity contribution in [1.29, 1.82) is 0 Å². The van der Waals surface area contributed by atoms with Crippen molar-refractivity contribution in [3.05, 3.63) is 64.2 Å². The molecule has 1 amide bonds. The molecule has 0 radical (unpaired) electrons. The fraction of sp³-hybridized carbons (Fsp3) is 0.188. The summed E-state index contributed by atoms with van der Waals surface area (Å²) < 4.78 is 0. The van der Waals surface area contributed by atoms with Crippen molar-refractivity contribution in [3.63, 3.8) is 0 Å². The van der Waals surface area contributed by atoms with Gasteiger partial charge < -0.3 is 11.1 Å². The Morgan fingerprint density at radius 1 is 1.24 bits per heavy atom. The van der Waals surface area contributed by atoms with Crippen molar-refractivity contribution < 1.29 is 4.79 Å². The van der Waals surface area contributed by atoms with Crippen LogP contribution in [0.4, 0.5) is 0 Å². The number of amides is 1. The molecule has 0 spiro atoms. The molecule has 0 atom stereocenters. The lowest BCUT2D eigenvalue weighted by Gasteiger charge is -2.10. The van der Waals surface area contributed by atoms with Gasteiger partial charge in [0.25, 0.3) is 5.91 Å². The Morgan fingerprint density at radius 2 is 1.95 bits per heavy atom. The maximum atomic E-state index is 12.3. The van der Waals surface area contributed by atoms with Crippen LogP contribution in [0.5, 0.6) is 0 Å². The molecular formula is C16H17ClN2OS. The van der Waals surface area contributed by atoms with E-state index in [4.69, 9.17) is 17.3 Å². The van der Waals surface area contributed by atoms with Gasteiger partial charge in [-0.05, 0) is 35.6 Å². The molecule has 3 nitrogen and oxygen atoms in total. The summed E-state index contributed by atoms with van der Waals surface area (Å²) in [6.45, 7) is 0.890. The van der Waals surface area contributed by atoms with Crippen molar-refractivity contribution >= 4 is 29.3 Å². The third-order valence-corrected chi connectivity index (χ3v) is 4.25. The summed E-state index contributed by atoms with van der Waals surface area (Å²) in [5.74, 6) is -0.178. The van der Waals surface area contributed by atoms with Gasteiger partial charge >= 0.3 is 0 Å². The first-order chi connectivity index (χ1) is 10.2. The minimum atomic E-state index is -0.178. The van der Waals surface area contributed by atoms with Crippen LogP contribution in [0.3, 0.4) is 0 Å². The van der Waals surface area contributed by atoms with Gasteiger partial charge in [0.05, 0.1) is 10.6 Å². The highest BCUT2D eigenvalue weighted by molar-refractivity contribution is 7.98. The lowest BCUT2D eigenvalue weighted by molar-refractivity contribution is 0.0951. The van der Waals surface area contributed by atoms with Gasteiger partial charge in [-0.3, -0.25) is 4.79 Å². The van der Waals surface area contributed by atoms with E-state index in [1.807, 2.05) is 36.6 Å². The maximum absolute atomic E-state index is 12.3. The molecule has 0 aliphatic rings. The Hall–Kier alpha value is -1.49. The van der Waals surface area contributed by atoms with E-state index in [1.165, 1.54) is 0 Å². The topological polar surface area (TPSA) is 55.1 Å². The van der Waals surface area contributed by atoms with Crippen LogP contribution in [0.15, 0.2) is 47.4 Å². The van der Waals surface area contributed by atoms with Gasteiger partial charge in [-0.2, -0.15) is 0 Å². The Bertz CT molecular complexity index is 646. The summed E-state index contributed by atoms with van der Waals surface area (Å²) in [6, 6.07) is 13.2. The first-order valence-corrected chi connectivity index (χ1v) is 8.14. The van der Waals surface area contributed by atoms with E-state index in [1.54, 1.807) is 23.9 Å². The predicted molar refractivity (Wildman–Crippen MR) is 88.7 cm³/mol. The molecular weight excluding hydrogens is 304 g/mol. The van der Waals surface area contributed by atoms with Gasteiger partial charge in [0.15, 0.2) is 0 Å². The molecule has 0 unspecified atom stereocenters. The van der Waals surface area contributed by atoms with Crippen LogP contribution in [0.2, 0.25) is 5.02 Å². The lowest BCUT2D eigenvalue weighted by Crippen LogP contribution is -2.24. The van der Waals surface area contributed by atoms with Crippen LogP contribution in [-0.2, 0) is 13.1 Å². The zero-order valence-corrected chi connectivity index (χ0v) is 13.3. The van der Waals surface area contributed by atoms with E-state index in [-0.39, 0.29) is 5.91 Å². The van der Waals surface area contributed by atoms with Crippen molar-refractivity contribution in [2.75, 3.05) is 6.26 Å². The number of hydrogen-bond donors (Lipinski definition) is 2. The second kappa shape index (κ2) is 7.50. The number of rotatable bonds is 5. The Balaban J connectivity index is 2.11. The minimum absolute atomic E-state index is 0.178. The normalized spacial score (nSPS) is 10.4. The summed E-state index contributed by atoms with van der Waals surface area (Å²) in [4.78, 5) is 13.3. The van der Waals surface area contributed by atoms with E-state index in [2.05, 4.69) is 5.32 Å². The first-order valence-electron chi connectivity index (χ1n) is 6.54. The quantitative estimate of drug-likeness (QED) is 0.830. The fourth-order valence-electron chi connectivity index (χ4n) is 2.01. The summed E-state index contributed by atoms with van der Waals surface area (Å²) in [5, 5.41) is 3.35. The van der Waals surface area contributed by atoms with E-state index in [9.17, 15) is 4.79 Å². The predicted octanol–water partition coefficient (Wildman–Crippen LogP) is 3.45. The number of halogens is 1. The first kappa shape index (κ1) is 15.9. The number of thioether (sulfide) groups is 1. The van der Waals surface area contributed by atoms with Crippen molar-refractivity contribution in [3.8, 4) is 0 Å². The van der Waals surface area contributed by atoms with Gasteiger partial charge in [-0.1, -0.05) is 35.9 Å². The largest absolute Gasteiger partial charge is 0.348 e. The van der Waals surface area contributed by atoms with Crippen molar-refractivity contribution in [1.82, 2.24) is 5.32 Å². The van der Waals surface area contributed by atoms with E-state index < -0.39 is 0 Å². The molecule has 2 rings (SSSR count). The SMILES string of the molecule is CSc1ccc(Cl)c(C(=O)NCc2ccccc2CN)c1. The van der Waals surface area contributed by atoms with Crippen molar-refractivity contribution in [2.24, 2.45) is 5.73 Å². The Morgan fingerprint density at radius 3 is 2.62 bits per heavy atom. The molecule has 110 valence electrons. The van der Waals surface area contributed by atoms with Gasteiger partial charge in [-0.15, -0.1) is 11.8 Å². The van der Waals surface area contributed by atoms with E-state index in [0.717, 1.165) is 16.0 Å². The molecule has 0 aliphatic heterocycles. The molecule has 2 aromatic carbocycles. The molecule has 2 aromatic rings. The minimum Gasteiger partial charge on any atom is -0.348 e. The fourth-order valence-corrected chi connectivity index (χ4v) is 2.65. The van der Waals surface area contributed by atoms with Gasteiger partial charge in [-0.25, -0.2) is 0 Å². The number of benzene rings is 2. The average molecular weight is 321 g/mol. The average Bonchev–Trinajstić information content (AvgIpc) is 2.53. The molecule has 0 aliphatic carbocycles. The van der Waals surface area contributed by atoms with Crippen LogP contribution in [0.1, 0.15) is 21.5 Å². The maximum Gasteiger partial charge on any atom is 0.253 e. The second-order valence-electron chi connectivity index (χ2n) is 4.50. The molecule has 0 aromatic heterocycles. The van der Waals surface area contributed by atoms with Gasteiger partial charge in [0.2, 0.25) is 0 Å². The number of hydrogen-bond acceptors (Lipinski definition) is 3. The van der Waals surface area contributed by atoms with Crippen LogP contribution >= 0.6 is 23.4 Å². The van der Waals surface area contributed by atoms with Crippen LogP contribution < -0.4 is 11.1 Å². The Kier molecular flexibility index (Phi) is 5.67. The highest BCUT2D eigenvalue weighted by atomic mass is 35.5. The Labute approximate surface area is 133 Å². The standard InChI is InChI=1S/C16H17ClN2OS/c1-21-13-6-7-15(17)14(8-13)16(20)19-10-12-5-3-2-4-11(12)9-18/h2-8H,9-10,18H2,1H3,(H,19,20). The highest BCUT2D eigenvalue weighted by Gasteiger charge is 2.11. The summed E-state index contributed by atoms with van der Waals surface area (Å²) in [5.41, 5.74) is 8.24. The molecule has 21 heavy (non-hydrogen) atoms. The van der Waals surface area contributed by atoms with E-state index >= 15 is 0 Å². The number of carbonyl (C=O) groups is 1. The number of carbonyl (C=O) groups excluding carboxylic acids is 1. The monoisotopic (exact) mass is 320 g/mol. The number of nitrogens with two attached hydrogens (primary N) is 1. The van der Waals surface area contributed by atoms with Crippen molar-refractivity contribution in [2.45, 2.75) is 18.0 Å². The molecule has 0 heterocycles. The molecule has 3 N–H and O–H groups in total. The molecule has 0 saturated carbocycles. The zero-order valence-electron chi connectivity index (χ0n) is 11.7. The van der Waals surface area contributed by atoms with Crippen LogP contribution in [0.25, 0.3) is 0 Å². The summed E-state index contributed by atoms with van der Waals surface area (Å²) in [6.07, 6.45) is 1.96. The second-order valence-corrected chi connectivity index (χ2v) is 5.79. The smallest absolute Gasteiger partial charge is 0.253 e. The van der Waals surface area contributed by atoms with Gasteiger partial charge in [0.1, 0.15) is 0 Å². The highest BCUT2D eigenvalue weighted by Crippen LogP contribution is 2.23. The zero-order chi connectivity index (χ0) is 15.2. The van der Waals surface area contributed by atoms with Crippen LogP contribution in [0, 0.1) is 0 Å². The number of nitrogens with one attached hydrogen (secondary N) is 1. The third-order valence-electron chi connectivity index (χ3n) is 3.20. The molecule has 0 fully saturated rings. The molecule has 0 bridgehead atoms. The van der Waals surface area contributed by atoms with Gasteiger partial charge in [0, 0.05) is 18.0 Å². The van der Waals surface area contributed by atoms with Crippen LogP contribution in [-0.4, -0.2) is 12.2 Å². The third kappa shape index (κ3) is 4.00. The lowest BCUT2D eigenvalue weighted by atomic mass is 10.1. The molecule has 0 saturated heterocycles. The summed E-state index contributed by atoms with van der Waals surface area (Å²) >= 11 is 7.67. The van der Waals surface area contributed by atoms with E-state index in [0.29, 0.717) is 23.7 Å².